The average Bonchev–Trinajstić information content (AvgIpc) is 0.726. The van der Waals surface area contributed by atoms with E-state index in [4.69, 9.17) is 71.1 Å². The molecule has 0 saturated heterocycles. The number of nitrogens with zero attached hydrogens (tertiary/aromatic N) is 12. The van der Waals surface area contributed by atoms with Gasteiger partial charge in [0, 0.05) is 32.9 Å². The number of anilines is 11. The number of halogens is 4. The SMILES string of the molecule is CCN(C)c1nc(Nc2ccc(C)c(S(=O)(=O)O)c2)nc(Nc2ccc3c(c2S(=O)(=O)O)Oc2c(Cl)c4c(c(Cl)c2=N3)Oc2c(ccc(Nc3nc(Nc5ccc6c(c5S(=O)(=O)O)Oc5c(Cl)c7c(c(Cl)c5=N6)Oc5c(ccc(N)c5S(=O)(=O)O)N=7)nc(N(C)CCS(=O)(=O)O)n3)c2S(=O)(=O)O)N=4)n1. The molecule has 0 amide bonds. The molecule has 0 saturated carbocycles. The van der Waals surface area contributed by atoms with Crippen LogP contribution in [0.15, 0.2) is 111 Å². The number of rotatable bonds is 19. The first-order chi connectivity index (χ1) is 48.5. The number of aryl methyl sites for hydroxylation is 1. The molecule has 7 aromatic carbocycles. The van der Waals surface area contributed by atoms with Crippen LogP contribution < -0.4 is 77.2 Å². The van der Waals surface area contributed by atoms with Gasteiger partial charge in [0.15, 0.2) is 65.6 Å². The van der Waals surface area contributed by atoms with Gasteiger partial charge in [-0.25, -0.2) is 20.0 Å². The van der Waals surface area contributed by atoms with E-state index in [-0.39, 0.29) is 62.2 Å². The van der Waals surface area contributed by atoms with Crippen molar-refractivity contribution in [2.45, 2.75) is 38.3 Å². The fourth-order valence-corrected chi connectivity index (χ4v) is 15.8. The minimum Gasteiger partial charge on any atom is -0.450 e. The number of nitrogen functional groups attached to an aromatic ring is 1. The molecule has 104 heavy (non-hydrogen) atoms. The van der Waals surface area contributed by atoms with Crippen molar-refractivity contribution >= 4 is 194 Å². The van der Waals surface area contributed by atoms with Crippen LogP contribution in [0.5, 0.6) is 46.0 Å². The fraction of sp³-hybridized carbons (Fsp3) is 0.127. The van der Waals surface area contributed by atoms with Crippen LogP contribution in [0.4, 0.5) is 86.9 Å². The molecule has 4 aliphatic heterocycles. The molecule has 0 radical (unpaired) electrons. The maximum Gasteiger partial charge on any atom is 0.300 e. The largest absolute Gasteiger partial charge is 0.450 e. The molecule has 0 unspecified atom stereocenters. The van der Waals surface area contributed by atoms with E-state index in [2.05, 4.69) is 71.1 Å². The summed E-state index contributed by atoms with van der Waals surface area (Å²) in [5.41, 5.74) is 2.84. The van der Waals surface area contributed by atoms with E-state index in [0.717, 1.165) is 47.4 Å². The standard InChI is InChI=1S/C55H41Cl4N17O22S6/c1-5-75(3)54-71-50(61-20-7-6-19(2)29(18-20)100(80,81)82)69-51(72-54)66-26-13-10-24-39(47(26)102(86,87)88)97-44-32(58)37-45(33(59)36(44)64-24)98-41-25(65-37)12-15-28(49(41)104(92,93)94)68-53-70-52(73-55(74-53)76(4)16-17-99(77,78)79)67-27-14-11-23-40(48(27)103(89,90)91)96-43-31(57)34-42(30(56)35(43)63-23)95-38-22(62-34)9-8-21(60)46(38)101(83,84)85/h6-15,18H,5,16-17,60H2,1-4H3,(H,77,78,79)(H,80,81,82)(H,83,84,85)(H,86,87,88)(H,89,90,91)(H,92,93,94)(H2,61,66,69,71,72)(H2,67,68,70,73,74). The number of nitrogens with two attached hydrogens (primary N) is 1. The lowest BCUT2D eigenvalue weighted by atomic mass is 10.2. The molecule has 39 nitrogen and oxygen atoms in total. The van der Waals surface area contributed by atoms with Crippen LogP contribution >= 0.6 is 46.4 Å². The lowest BCUT2D eigenvalue weighted by Gasteiger charge is -2.24. The van der Waals surface area contributed by atoms with E-state index >= 15 is 0 Å². The van der Waals surface area contributed by atoms with E-state index in [1.54, 1.807) is 18.9 Å². The Balaban J connectivity index is 0.851. The highest BCUT2D eigenvalue weighted by molar-refractivity contribution is 7.87. The van der Waals surface area contributed by atoms with Crippen molar-refractivity contribution in [2.75, 3.05) is 69.7 Å². The zero-order chi connectivity index (χ0) is 75.1. The van der Waals surface area contributed by atoms with Crippen LogP contribution in [0.2, 0.25) is 20.1 Å². The molecular weight excluding hydrogens is 1580 g/mol. The Hall–Kier alpha value is -9.82. The summed E-state index contributed by atoms with van der Waals surface area (Å²) in [7, 11) is -27.9. The molecule has 6 heterocycles. The Morgan fingerprint density at radius 3 is 1.08 bits per heavy atom. The molecular formula is C55H41Cl4N17O22S6. The molecule has 0 aliphatic carbocycles. The van der Waals surface area contributed by atoms with Crippen LogP contribution in [-0.2, 0) is 60.7 Å². The topological polar surface area (TPSA) is 571 Å². The van der Waals surface area contributed by atoms with Gasteiger partial charge < -0.3 is 55.7 Å². The van der Waals surface area contributed by atoms with E-state index in [9.17, 15) is 77.8 Å². The Bertz CT molecular complexity index is 6400. The zero-order valence-corrected chi connectivity index (χ0v) is 60.0. The first kappa shape index (κ1) is 72.5. The Kier molecular flexibility index (Phi) is 18.0. The van der Waals surface area contributed by atoms with Crippen molar-refractivity contribution in [1.82, 2.24) is 29.9 Å². The average molecular weight is 1630 g/mol. The number of benzene rings is 7. The van der Waals surface area contributed by atoms with Crippen LogP contribution in [0.25, 0.3) is 0 Å². The van der Waals surface area contributed by atoms with Crippen LogP contribution in [-0.4, -0.2) is 141 Å². The Morgan fingerprint density at radius 2 is 0.750 bits per heavy atom. The summed E-state index contributed by atoms with van der Waals surface area (Å²) in [5.74, 6) is -7.88. The summed E-state index contributed by atoms with van der Waals surface area (Å²) in [6.45, 7) is 2.99. The number of hydrogen-bond acceptors (Lipinski definition) is 33. The molecule has 49 heteroatoms. The highest BCUT2D eigenvalue weighted by Crippen LogP contribution is 2.52. The first-order valence-corrected chi connectivity index (χ1v) is 38.9. The monoisotopic (exact) mass is 1620 g/mol. The van der Waals surface area contributed by atoms with Gasteiger partial charge in [0.05, 0.1) is 33.4 Å². The number of fused-ring (bicyclic) bond motifs is 8. The number of nitrogens with one attached hydrogen (secondary N) is 4. The summed E-state index contributed by atoms with van der Waals surface area (Å²) in [5, 5.41) is 7.40. The molecule has 4 aliphatic rings. The third kappa shape index (κ3) is 13.6. The third-order valence-corrected chi connectivity index (χ3v) is 22.0. The Labute approximate surface area is 604 Å². The fourth-order valence-electron chi connectivity index (χ4n) is 10.4. The van der Waals surface area contributed by atoms with E-state index < -0.39 is 215 Å². The Morgan fingerprint density at radius 1 is 0.423 bits per heavy atom. The van der Waals surface area contributed by atoms with Gasteiger partial charge in [-0.3, -0.25) is 27.3 Å². The van der Waals surface area contributed by atoms with E-state index in [1.165, 1.54) is 38.2 Å². The van der Waals surface area contributed by atoms with Gasteiger partial charge in [0.25, 0.3) is 60.7 Å². The molecule has 2 aromatic heterocycles. The maximum absolute atomic E-state index is 13.7. The second-order valence-electron chi connectivity index (χ2n) is 22.2. The smallest absolute Gasteiger partial charge is 0.300 e. The minimum absolute atomic E-state index is 0.00513. The van der Waals surface area contributed by atoms with Crippen molar-refractivity contribution in [3.05, 3.63) is 114 Å². The summed E-state index contributed by atoms with van der Waals surface area (Å²) in [6.07, 6.45) is 0. The van der Waals surface area contributed by atoms with Gasteiger partial charge in [-0.2, -0.15) is 80.4 Å². The second-order valence-corrected chi connectivity index (χ2v) is 32.1. The predicted molar refractivity (Wildman–Crippen MR) is 368 cm³/mol. The van der Waals surface area contributed by atoms with Gasteiger partial charge in [0.1, 0.15) is 64.3 Å². The first-order valence-electron chi connectivity index (χ1n) is 28.6. The van der Waals surface area contributed by atoms with Crippen molar-refractivity contribution in [3.63, 3.8) is 0 Å². The predicted octanol–water partition coefficient (Wildman–Crippen LogP) is 7.78. The number of hydrogen-bond donors (Lipinski definition) is 11. The molecule has 12 N–H and O–H groups in total. The summed E-state index contributed by atoms with van der Waals surface area (Å²) in [4.78, 5) is 41.7. The summed E-state index contributed by atoms with van der Waals surface area (Å²) < 4.78 is 241. The molecule has 542 valence electrons. The van der Waals surface area contributed by atoms with Gasteiger partial charge >= 0.3 is 0 Å². The maximum atomic E-state index is 13.7. The van der Waals surface area contributed by atoms with Gasteiger partial charge in [0.2, 0.25) is 35.7 Å². The number of aromatic nitrogens is 6. The van der Waals surface area contributed by atoms with E-state index in [0.29, 0.717) is 6.54 Å². The highest BCUT2D eigenvalue weighted by Gasteiger charge is 2.38. The molecule has 0 atom stereocenters. The number of ether oxygens (including phenoxy) is 4. The molecule has 0 fully saturated rings. The lowest BCUT2D eigenvalue weighted by Crippen LogP contribution is -2.27. The second kappa shape index (κ2) is 25.8. The van der Waals surface area contributed by atoms with Gasteiger partial charge in [-0.1, -0.05) is 52.5 Å². The minimum atomic E-state index is -5.53. The molecule has 0 spiro atoms. The van der Waals surface area contributed by atoms with Crippen molar-refractivity contribution in [3.8, 4) is 46.0 Å². The van der Waals surface area contributed by atoms with Crippen LogP contribution in [0.3, 0.4) is 0 Å². The van der Waals surface area contributed by atoms with Crippen molar-refractivity contribution in [2.24, 2.45) is 20.0 Å². The highest BCUT2D eigenvalue weighted by atomic mass is 35.5. The van der Waals surface area contributed by atoms with E-state index in [1.807, 2.05) is 0 Å². The molecule has 0 bridgehead atoms. The van der Waals surface area contributed by atoms with Gasteiger partial charge in [-0.15, -0.1) is 0 Å². The third-order valence-electron chi connectivity index (χ3n) is 15.2. The normalized spacial score (nSPS) is 13.4. The van der Waals surface area contributed by atoms with Gasteiger partial charge in [-0.05, 0) is 80.1 Å². The van der Waals surface area contributed by atoms with Crippen LogP contribution in [0, 0.1) is 6.92 Å². The lowest BCUT2D eigenvalue weighted by molar-refractivity contribution is 0.428. The quantitative estimate of drug-likeness (QED) is 0.0272. The van der Waals surface area contributed by atoms with Crippen molar-refractivity contribution < 1.29 is 96.8 Å². The van der Waals surface area contributed by atoms with Crippen LogP contribution in [0.1, 0.15) is 12.5 Å². The molecule has 9 aromatic rings. The summed E-state index contributed by atoms with van der Waals surface area (Å²) in [6, 6.07) is 12.9. The summed E-state index contributed by atoms with van der Waals surface area (Å²) >= 11 is 27.5. The molecule has 13 rings (SSSR count). The van der Waals surface area contributed by atoms with Crippen molar-refractivity contribution in [1.29, 1.82) is 0 Å². The zero-order valence-electron chi connectivity index (χ0n) is 52.1.